The Hall–Kier alpha value is -1.04. The minimum atomic E-state index is -3.93. The van der Waals surface area contributed by atoms with E-state index < -0.39 is 9.05 Å². The van der Waals surface area contributed by atoms with Crippen LogP contribution in [0.4, 0.5) is 0 Å². The summed E-state index contributed by atoms with van der Waals surface area (Å²) >= 11 is 6.19. The number of benzene rings is 1. The Morgan fingerprint density at radius 3 is 2.50 bits per heavy atom. The first-order chi connectivity index (χ1) is 9.36. The molecule has 1 aromatic carbocycles. The van der Waals surface area contributed by atoms with Crippen LogP contribution in [-0.2, 0) is 15.5 Å². The Labute approximate surface area is 127 Å². The van der Waals surface area contributed by atoms with E-state index in [0.717, 1.165) is 17.7 Å². The number of nitrogens with zero attached hydrogens (tertiary/aromatic N) is 2. The topological polar surface area (TPSA) is 52.0 Å². The summed E-state index contributed by atoms with van der Waals surface area (Å²) < 4.78 is 24.8. The summed E-state index contributed by atoms with van der Waals surface area (Å²) in [6.45, 7) is 3.84. The van der Waals surface area contributed by atoms with E-state index in [0.29, 0.717) is 12.1 Å². The normalized spacial score (nSPS) is 11.8. The molecule has 0 aliphatic heterocycles. The predicted octanol–water partition coefficient (Wildman–Crippen LogP) is 3.71. The highest BCUT2D eigenvalue weighted by Gasteiger charge is 2.26. The van der Waals surface area contributed by atoms with E-state index in [1.807, 2.05) is 38.1 Å². The van der Waals surface area contributed by atoms with Crippen LogP contribution in [0.3, 0.4) is 0 Å². The van der Waals surface area contributed by atoms with Gasteiger partial charge in [0.05, 0.1) is 11.4 Å². The molecule has 0 amide bonds. The third-order valence-corrected chi connectivity index (χ3v) is 4.77. The summed E-state index contributed by atoms with van der Waals surface area (Å²) in [5.41, 5.74) is 2.08. The highest BCUT2D eigenvalue weighted by atomic mass is 35.7. The Morgan fingerprint density at radius 1 is 1.30 bits per heavy atom. The maximum Gasteiger partial charge on any atom is 0.266 e. The largest absolute Gasteiger partial charge is 0.266 e. The average Bonchev–Trinajstić information content (AvgIpc) is 2.67. The summed E-state index contributed by atoms with van der Waals surface area (Å²) in [5.74, 6) is 0. The molecule has 0 saturated carbocycles. The van der Waals surface area contributed by atoms with Gasteiger partial charge < -0.3 is 0 Å². The molecular formula is C13H14Cl2N2O2S. The van der Waals surface area contributed by atoms with Crippen LogP contribution in [0.1, 0.15) is 24.6 Å². The fourth-order valence-electron chi connectivity index (χ4n) is 2.03. The van der Waals surface area contributed by atoms with E-state index in [4.69, 9.17) is 22.3 Å². The highest BCUT2D eigenvalue weighted by Crippen LogP contribution is 2.31. The van der Waals surface area contributed by atoms with Crippen LogP contribution < -0.4 is 0 Å². The van der Waals surface area contributed by atoms with Crippen molar-refractivity contribution in [2.75, 3.05) is 0 Å². The first kappa shape index (κ1) is 15.4. The summed E-state index contributed by atoms with van der Waals surface area (Å²) in [7, 11) is 1.55. The first-order valence-corrected chi connectivity index (χ1v) is 8.83. The minimum absolute atomic E-state index is 0.0257. The molecular weight excluding hydrogens is 319 g/mol. The summed E-state index contributed by atoms with van der Waals surface area (Å²) in [6.07, 6.45) is 1.25. The maximum absolute atomic E-state index is 11.7. The van der Waals surface area contributed by atoms with Crippen molar-refractivity contribution >= 4 is 31.3 Å². The Morgan fingerprint density at radius 2 is 1.95 bits per heavy atom. The van der Waals surface area contributed by atoms with Gasteiger partial charge in [0.25, 0.3) is 9.05 Å². The van der Waals surface area contributed by atoms with Crippen LogP contribution in [-0.4, -0.2) is 18.2 Å². The average molecular weight is 333 g/mol. The molecule has 20 heavy (non-hydrogen) atoms. The van der Waals surface area contributed by atoms with Gasteiger partial charge in [-0.15, -0.1) is 0 Å². The van der Waals surface area contributed by atoms with Crippen molar-refractivity contribution in [1.29, 1.82) is 0 Å². The predicted molar refractivity (Wildman–Crippen MR) is 80.3 cm³/mol. The Balaban J connectivity index is 2.72. The lowest BCUT2D eigenvalue weighted by molar-refractivity contribution is 0.608. The van der Waals surface area contributed by atoms with Gasteiger partial charge in [0.15, 0.2) is 5.15 Å². The second-order valence-electron chi connectivity index (χ2n) is 4.45. The quantitative estimate of drug-likeness (QED) is 0.802. The van der Waals surface area contributed by atoms with Gasteiger partial charge in [-0.3, -0.25) is 0 Å². The van der Waals surface area contributed by atoms with Gasteiger partial charge in [-0.1, -0.05) is 43.1 Å². The molecule has 0 fully saturated rings. The zero-order valence-corrected chi connectivity index (χ0v) is 13.4. The molecule has 0 N–H and O–H groups in total. The lowest BCUT2D eigenvalue weighted by Gasteiger charge is -2.06. The van der Waals surface area contributed by atoms with Crippen LogP contribution in [0.15, 0.2) is 29.2 Å². The van der Waals surface area contributed by atoms with Crippen molar-refractivity contribution < 1.29 is 8.42 Å². The zero-order chi connectivity index (χ0) is 14.9. The third-order valence-electron chi connectivity index (χ3n) is 2.93. The number of rotatable bonds is 4. The maximum atomic E-state index is 11.7. The lowest BCUT2D eigenvalue weighted by Crippen LogP contribution is -1.99. The van der Waals surface area contributed by atoms with Crippen molar-refractivity contribution in [2.45, 2.75) is 31.6 Å². The van der Waals surface area contributed by atoms with Crippen molar-refractivity contribution in [3.8, 4) is 5.69 Å². The van der Waals surface area contributed by atoms with E-state index in [2.05, 4.69) is 5.10 Å². The van der Waals surface area contributed by atoms with Crippen LogP contribution in [0.25, 0.3) is 5.69 Å². The number of halogens is 2. The van der Waals surface area contributed by atoms with Crippen molar-refractivity contribution in [1.82, 2.24) is 9.78 Å². The molecule has 7 heteroatoms. The van der Waals surface area contributed by atoms with E-state index in [-0.39, 0.29) is 10.0 Å². The summed E-state index contributed by atoms with van der Waals surface area (Å²) in [5, 5.41) is 4.34. The van der Waals surface area contributed by atoms with Gasteiger partial charge in [0, 0.05) is 10.7 Å². The monoisotopic (exact) mass is 332 g/mol. The van der Waals surface area contributed by atoms with Crippen LogP contribution in [0.5, 0.6) is 0 Å². The third kappa shape index (κ3) is 2.85. The fourth-order valence-corrected chi connectivity index (χ4v) is 3.89. The molecule has 0 bridgehead atoms. The molecule has 0 unspecified atom stereocenters. The number of hydrogen-bond acceptors (Lipinski definition) is 3. The molecule has 0 radical (unpaired) electrons. The molecule has 2 rings (SSSR count). The standard InChI is InChI=1S/C13H14Cl2N2O2S/c1-3-6-10-12(20(15,18)19)13(14)17(16-10)11-8-5-4-7-9(11)2/h4-5,7-8H,3,6H2,1-2H3. The van der Waals surface area contributed by atoms with E-state index in [1.54, 1.807) is 0 Å². The molecule has 1 heterocycles. The molecule has 0 spiro atoms. The van der Waals surface area contributed by atoms with Gasteiger partial charge in [0.1, 0.15) is 4.90 Å². The second-order valence-corrected chi connectivity index (χ2v) is 7.31. The molecule has 0 aliphatic rings. The first-order valence-electron chi connectivity index (χ1n) is 6.14. The van der Waals surface area contributed by atoms with Gasteiger partial charge >= 0.3 is 0 Å². The summed E-state index contributed by atoms with van der Waals surface area (Å²) in [4.78, 5) is -0.0917. The number of hydrogen-bond donors (Lipinski definition) is 0. The SMILES string of the molecule is CCCc1nn(-c2ccccc2C)c(Cl)c1S(=O)(=O)Cl. The highest BCUT2D eigenvalue weighted by molar-refractivity contribution is 8.13. The number of para-hydroxylation sites is 1. The second kappa shape index (κ2) is 5.76. The van der Waals surface area contributed by atoms with Crippen molar-refractivity contribution in [3.63, 3.8) is 0 Å². The molecule has 1 aromatic heterocycles. The van der Waals surface area contributed by atoms with Crippen LogP contribution >= 0.6 is 22.3 Å². The fraction of sp³-hybridized carbons (Fsp3) is 0.308. The molecule has 2 aromatic rings. The van der Waals surface area contributed by atoms with E-state index in [9.17, 15) is 8.42 Å². The summed E-state index contributed by atoms with van der Waals surface area (Å²) in [6, 6.07) is 7.47. The smallest absolute Gasteiger partial charge is 0.220 e. The molecule has 0 atom stereocenters. The van der Waals surface area contributed by atoms with Gasteiger partial charge in [0.2, 0.25) is 0 Å². The zero-order valence-electron chi connectivity index (χ0n) is 11.1. The van der Waals surface area contributed by atoms with Gasteiger partial charge in [-0.25, -0.2) is 13.1 Å². The van der Waals surface area contributed by atoms with E-state index in [1.165, 1.54) is 4.68 Å². The van der Waals surface area contributed by atoms with Crippen molar-refractivity contribution in [3.05, 3.63) is 40.7 Å². The van der Waals surface area contributed by atoms with Crippen LogP contribution in [0, 0.1) is 6.92 Å². The lowest BCUT2D eigenvalue weighted by atomic mass is 10.2. The minimum Gasteiger partial charge on any atom is -0.220 e. The Bertz CT molecular complexity index is 739. The van der Waals surface area contributed by atoms with E-state index >= 15 is 0 Å². The Kier molecular flexibility index (Phi) is 4.42. The molecule has 0 aliphatic carbocycles. The number of aromatic nitrogens is 2. The van der Waals surface area contributed by atoms with Gasteiger partial charge in [-0.2, -0.15) is 5.10 Å². The molecule has 108 valence electrons. The number of aryl methyl sites for hydroxylation is 2. The van der Waals surface area contributed by atoms with Crippen LogP contribution in [0.2, 0.25) is 5.15 Å². The molecule has 4 nitrogen and oxygen atoms in total. The van der Waals surface area contributed by atoms with Crippen molar-refractivity contribution in [2.24, 2.45) is 0 Å². The van der Waals surface area contributed by atoms with Gasteiger partial charge in [-0.05, 0) is 25.0 Å². The molecule has 0 saturated heterocycles.